The Morgan fingerprint density at radius 1 is 1.05 bits per heavy atom. The van der Waals surface area contributed by atoms with E-state index < -0.39 is 5.97 Å². The minimum atomic E-state index is -1.10. The second-order valence-corrected chi connectivity index (χ2v) is 4.92. The van der Waals surface area contributed by atoms with E-state index in [0.717, 1.165) is 11.6 Å². The van der Waals surface area contributed by atoms with Crippen molar-refractivity contribution in [3.05, 3.63) is 59.2 Å². The first kappa shape index (κ1) is 15.4. The van der Waals surface area contributed by atoms with Gasteiger partial charge < -0.3 is 20.4 Å². The van der Waals surface area contributed by atoms with Crippen LogP contribution in [0.5, 0.6) is 17.2 Å². The van der Waals surface area contributed by atoms with Crippen molar-refractivity contribution >= 4 is 12.0 Å². The van der Waals surface area contributed by atoms with Crippen LogP contribution in [0, 0.1) is 0 Å². The first-order valence-electron chi connectivity index (χ1n) is 6.65. The molecule has 5 heteroatoms. The summed E-state index contributed by atoms with van der Waals surface area (Å²) < 4.78 is 0. The molecule has 0 spiro atoms. The third-order valence-electron chi connectivity index (χ3n) is 3.46. The van der Waals surface area contributed by atoms with Gasteiger partial charge in [0.25, 0.3) is 0 Å². The Labute approximate surface area is 127 Å². The molecule has 114 valence electrons. The molecule has 2 aromatic rings. The van der Waals surface area contributed by atoms with Crippen molar-refractivity contribution in [2.45, 2.75) is 12.8 Å². The van der Waals surface area contributed by atoms with Crippen LogP contribution in [-0.2, 0) is 4.79 Å². The van der Waals surface area contributed by atoms with E-state index in [4.69, 9.17) is 5.11 Å². The smallest absolute Gasteiger partial charge is 0.328 e. The van der Waals surface area contributed by atoms with Gasteiger partial charge in [0.1, 0.15) is 5.75 Å². The summed E-state index contributed by atoms with van der Waals surface area (Å²) in [6.45, 7) is 1.82. The van der Waals surface area contributed by atoms with Gasteiger partial charge in [-0.25, -0.2) is 4.79 Å². The van der Waals surface area contributed by atoms with Crippen LogP contribution in [-0.4, -0.2) is 26.4 Å². The summed E-state index contributed by atoms with van der Waals surface area (Å²) in [4.78, 5) is 10.7. The highest BCUT2D eigenvalue weighted by Crippen LogP contribution is 2.40. The van der Waals surface area contributed by atoms with E-state index in [1.807, 2.05) is 6.92 Å². The fraction of sp³-hybridized carbons (Fsp3) is 0.118. The largest absolute Gasteiger partial charge is 0.508 e. The van der Waals surface area contributed by atoms with Gasteiger partial charge in [-0.15, -0.1) is 0 Å². The Balaban J connectivity index is 2.53. The van der Waals surface area contributed by atoms with Crippen LogP contribution in [0.2, 0.25) is 0 Å². The van der Waals surface area contributed by atoms with Crippen molar-refractivity contribution in [2.24, 2.45) is 0 Å². The first-order chi connectivity index (χ1) is 10.4. The molecule has 0 radical (unpaired) electrons. The highest BCUT2D eigenvalue weighted by Gasteiger charge is 2.19. The average molecular weight is 300 g/mol. The molecule has 0 bridgehead atoms. The van der Waals surface area contributed by atoms with Crippen LogP contribution < -0.4 is 0 Å². The third kappa shape index (κ3) is 3.20. The van der Waals surface area contributed by atoms with Crippen LogP contribution in [0.4, 0.5) is 0 Å². The lowest BCUT2D eigenvalue weighted by Crippen LogP contribution is -2.00. The number of carboxylic acid groups (broad SMARTS) is 1. The van der Waals surface area contributed by atoms with Crippen molar-refractivity contribution in [1.82, 2.24) is 0 Å². The van der Waals surface area contributed by atoms with Crippen LogP contribution in [0.15, 0.2) is 42.5 Å². The summed E-state index contributed by atoms with van der Waals surface area (Å²) in [6, 6.07) is 9.31. The SMILES string of the molecule is CC(c1ccc(O)cc1)c1c(C=CC(=O)O)ccc(O)c1O. The van der Waals surface area contributed by atoms with Gasteiger partial charge in [-0.1, -0.05) is 25.1 Å². The molecule has 0 fully saturated rings. The zero-order chi connectivity index (χ0) is 16.3. The number of hydrogen-bond donors (Lipinski definition) is 4. The van der Waals surface area contributed by atoms with Crippen LogP contribution in [0.25, 0.3) is 6.08 Å². The standard InChI is InChI=1S/C17H16O5/c1-10(11-2-6-13(18)7-3-11)16-12(5-9-15(20)21)4-8-14(19)17(16)22/h2-10,18-19,22H,1H3,(H,20,21). The minimum absolute atomic E-state index is 0.127. The lowest BCUT2D eigenvalue weighted by Gasteiger charge is -2.18. The van der Waals surface area contributed by atoms with Gasteiger partial charge >= 0.3 is 5.97 Å². The Hall–Kier alpha value is -2.95. The minimum Gasteiger partial charge on any atom is -0.508 e. The topological polar surface area (TPSA) is 98.0 Å². The quantitative estimate of drug-likeness (QED) is 0.514. The summed E-state index contributed by atoms with van der Waals surface area (Å²) in [5.41, 5.74) is 1.73. The Morgan fingerprint density at radius 3 is 2.27 bits per heavy atom. The Kier molecular flexibility index (Phi) is 4.36. The van der Waals surface area contributed by atoms with E-state index in [1.165, 1.54) is 24.3 Å². The van der Waals surface area contributed by atoms with E-state index in [-0.39, 0.29) is 23.2 Å². The lowest BCUT2D eigenvalue weighted by molar-refractivity contribution is -0.131. The molecule has 0 aliphatic heterocycles. The number of benzene rings is 2. The molecule has 4 N–H and O–H groups in total. The lowest BCUT2D eigenvalue weighted by atomic mass is 9.88. The van der Waals surface area contributed by atoms with E-state index >= 15 is 0 Å². The molecule has 1 unspecified atom stereocenters. The van der Waals surface area contributed by atoms with Gasteiger partial charge in [-0.05, 0) is 35.4 Å². The van der Waals surface area contributed by atoms with Gasteiger partial charge in [0.05, 0.1) is 0 Å². The summed E-state index contributed by atoms with van der Waals surface area (Å²) in [5.74, 6) is -1.83. The van der Waals surface area contributed by atoms with Crippen molar-refractivity contribution in [1.29, 1.82) is 0 Å². The highest BCUT2D eigenvalue weighted by atomic mass is 16.4. The van der Waals surface area contributed by atoms with Crippen molar-refractivity contribution in [3.63, 3.8) is 0 Å². The molecular formula is C17H16O5. The molecule has 0 amide bonds. The van der Waals surface area contributed by atoms with E-state index in [0.29, 0.717) is 11.1 Å². The fourth-order valence-electron chi connectivity index (χ4n) is 2.30. The fourth-order valence-corrected chi connectivity index (χ4v) is 2.30. The molecule has 5 nitrogen and oxygen atoms in total. The summed E-state index contributed by atoms with van der Waals surface area (Å²) in [5, 5.41) is 38.0. The predicted molar refractivity (Wildman–Crippen MR) is 82.1 cm³/mol. The number of aromatic hydroxyl groups is 3. The number of rotatable bonds is 4. The molecule has 2 rings (SSSR count). The molecule has 1 atom stereocenters. The predicted octanol–water partition coefficient (Wildman–Crippen LogP) is 3.05. The first-order valence-corrected chi connectivity index (χ1v) is 6.65. The van der Waals surface area contributed by atoms with E-state index in [9.17, 15) is 20.1 Å². The molecule has 0 aromatic heterocycles. The maximum atomic E-state index is 10.7. The van der Waals surface area contributed by atoms with Crippen LogP contribution >= 0.6 is 0 Å². The molecule has 2 aromatic carbocycles. The maximum Gasteiger partial charge on any atom is 0.328 e. The zero-order valence-corrected chi connectivity index (χ0v) is 11.9. The molecule has 0 saturated heterocycles. The number of carboxylic acids is 1. The number of hydrogen-bond acceptors (Lipinski definition) is 4. The van der Waals surface area contributed by atoms with E-state index in [1.54, 1.807) is 18.2 Å². The molecule has 0 saturated carbocycles. The average Bonchev–Trinajstić information content (AvgIpc) is 2.48. The summed E-state index contributed by atoms with van der Waals surface area (Å²) in [7, 11) is 0. The molecule has 22 heavy (non-hydrogen) atoms. The summed E-state index contributed by atoms with van der Waals surface area (Å²) in [6.07, 6.45) is 2.34. The number of phenolic OH excluding ortho intramolecular Hbond substituents is 3. The van der Waals surface area contributed by atoms with Gasteiger partial charge in [0.2, 0.25) is 0 Å². The Bertz CT molecular complexity index is 717. The van der Waals surface area contributed by atoms with Gasteiger partial charge in [-0.3, -0.25) is 0 Å². The molecular weight excluding hydrogens is 284 g/mol. The normalized spacial score (nSPS) is 12.4. The van der Waals surface area contributed by atoms with E-state index in [2.05, 4.69) is 0 Å². The monoisotopic (exact) mass is 300 g/mol. The van der Waals surface area contributed by atoms with Crippen molar-refractivity contribution in [2.75, 3.05) is 0 Å². The van der Waals surface area contributed by atoms with Gasteiger partial charge in [0, 0.05) is 17.6 Å². The second kappa shape index (κ2) is 6.22. The number of aliphatic carboxylic acids is 1. The number of carbonyl (C=O) groups is 1. The van der Waals surface area contributed by atoms with Gasteiger partial charge in [0.15, 0.2) is 11.5 Å². The molecule has 0 aliphatic carbocycles. The van der Waals surface area contributed by atoms with Crippen LogP contribution in [0.1, 0.15) is 29.5 Å². The Morgan fingerprint density at radius 2 is 1.68 bits per heavy atom. The maximum absolute atomic E-state index is 10.7. The van der Waals surface area contributed by atoms with Crippen molar-refractivity contribution in [3.8, 4) is 17.2 Å². The molecule has 0 heterocycles. The zero-order valence-electron chi connectivity index (χ0n) is 11.9. The second-order valence-electron chi connectivity index (χ2n) is 4.92. The van der Waals surface area contributed by atoms with Gasteiger partial charge in [-0.2, -0.15) is 0 Å². The molecule has 0 aliphatic rings. The highest BCUT2D eigenvalue weighted by molar-refractivity contribution is 5.86. The number of phenols is 3. The summed E-state index contributed by atoms with van der Waals surface area (Å²) >= 11 is 0. The van der Waals surface area contributed by atoms with Crippen LogP contribution in [0.3, 0.4) is 0 Å². The third-order valence-corrected chi connectivity index (χ3v) is 3.46. The van der Waals surface area contributed by atoms with Crippen molar-refractivity contribution < 1.29 is 25.2 Å².